The van der Waals surface area contributed by atoms with Gasteiger partial charge in [-0.1, -0.05) is 6.07 Å². The molecule has 1 aliphatic rings. The number of ether oxygens (including phenoxy) is 1. The van der Waals surface area contributed by atoms with Crippen molar-refractivity contribution in [1.82, 2.24) is 0 Å². The van der Waals surface area contributed by atoms with Crippen molar-refractivity contribution in [2.24, 2.45) is 0 Å². The Morgan fingerprint density at radius 3 is 2.70 bits per heavy atom. The molecule has 0 aliphatic carbocycles. The van der Waals surface area contributed by atoms with E-state index in [1.165, 1.54) is 18.2 Å². The topological polar surface area (TPSA) is 70.0 Å². The number of rotatable bonds is 5. The molecule has 1 aliphatic heterocycles. The van der Waals surface area contributed by atoms with Crippen molar-refractivity contribution in [3.05, 3.63) is 29.6 Å². The minimum Gasteiger partial charge on any atom is -0.478 e. The number of carboxylic acids is 1. The zero-order chi connectivity index (χ0) is 14.5. The summed E-state index contributed by atoms with van der Waals surface area (Å²) in [6.07, 6.45) is 1.42. The third-order valence-electron chi connectivity index (χ3n) is 3.42. The monoisotopic (exact) mass is 283 g/mol. The first-order valence-corrected chi connectivity index (χ1v) is 6.62. The van der Waals surface area contributed by atoms with E-state index in [0.717, 1.165) is 0 Å². The van der Waals surface area contributed by atoms with Crippen LogP contribution in [0.25, 0.3) is 0 Å². The molecule has 6 heteroatoms. The Hall–Kier alpha value is -1.66. The number of aliphatic hydroxyl groups is 1. The smallest absolute Gasteiger partial charge is 0.337 e. The number of aromatic carboxylic acids is 1. The first-order chi connectivity index (χ1) is 9.63. The SMILES string of the molecule is O=C(O)c1cccc(F)c1N1CCC(OCCO)CC1. The van der Waals surface area contributed by atoms with Crippen LogP contribution in [0.3, 0.4) is 0 Å². The summed E-state index contributed by atoms with van der Waals surface area (Å²) in [4.78, 5) is 12.9. The van der Waals surface area contributed by atoms with Crippen LogP contribution in [-0.2, 0) is 4.74 Å². The number of aliphatic hydroxyl groups excluding tert-OH is 1. The zero-order valence-corrected chi connectivity index (χ0v) is 11.1. The molecule has 2 N–H and O–H groups in total. The first kappa shape index (κ1) is 14.7. The molecule has 1 saturated heterocycles. The molecular formula is C14H18FNO4. The van der Waals surface area contributed by atoms with E-state index in [2.05, 4.69) is 0 Å². The second-order valence-corrected chi connectivity index (χ2v) is 4.72. The molecule has 110 valence electrons. The van der Waals surface area contributed by atoms with Gasteiger partial charge in [0.05, 0.1) is 30.6 Å². The quantitative estimate of drug-likeness (QED) is 0.857. The lowest BCUT2D eigenvalue weighted by atomic mass is 10.0. The van der Waals surface area contributed by atoms with Gasteiger partial charge in [0.2, 0.25) is 0 Å². The van der Waals surface area contributed by atoms with Gasteiger partial charge in [0, 0.05) is 13.1 Å². The zero-order valence-electron chi connectivity index (χ0n) is 11.1. The number of hydrogen-bond donors (Lipinski definition) is 2. The van der Waals surface area contributed by atoms with Crippen molar-refractivity contribution >= 4 is 11.7 Å². The summed E-state index contributed by atoms with van der Waals surface area (Å²) < 4.78 is 19.4. The van der Waals surface area contributed by atoms with Gasteiger partial charge >= 0.3 is 5.97 Å². The molecule has 1 aromatic rings. The number of halogens is 1. The summed E-state index contributed by atoms with van der Waals surface area (Å²) in [5.41, 5.74) is 0.139. The standard InChI is InChI=1S/C14H18FNO4/c15-12-3-1-2-11(14(18)19)13(12)16-6-4-10(5-7-16)20-9-8-17/h1-3,10,17H,4-9H2,(H,18,19). The lowest BCUT2D eigenvalue weighted by Crippen LogP contribution is -2.38. The Labute approximate surface area is 116 Å². The lowest BCUT2D eigenvalue weighted by molar-refractivity contribution is 0.0158. The molecule has 0 unspecified atom stereocenters. The molecule has 0 aromatic heterocycles. The number of nitrogens with zero attached hydrogens (tertiary/aromatic N) is 1. The third kappa shape index (κ3) is 3.26. The van der Waals surface area contributed by atoms with Gasteiger partial charge in [-0.05, 0) is 25.0 Å². The van der Waals surface area contributed by atoms with Crippen LogP contribution in [0.5, 0.6) is 0 Å². The molecule has 1 aromatic carbocycles. The average molecular weight is 283 g/mol. The Morgan fingerprint density at radius 1 is 1.40 bits per heavy atom. The van der Waals surface area contributed by atoms with E-state index in [1.54, 1.807) is 4.90 Å². The average Bonchev–Trinajstić information content (AvgIpc) is 2.45. The highest BCUT2D eigenvalue weighted by molar-refractivity contribution is 5.94. The van der Waals surface area contributed by atoms with E-state index in [9.17, 15) is 9.18 Å². The maximum atomic E-state index is 13.9. The number of benzene rings is 1. The van der Waals surface area contributed by atoms with E-state index in [1.807, 2.05) is 0 Å². The van der Waals surface area contributed by atoms with Gasteiger partial charge in [0.25, 0.3) is 0 Å². The Balaban J connectivity index is 2.09. The summed E-state index contributed by atoms with van der Waals surface area (Å²) in [6, 6.07) is 4.09. The molecular weight excluding hydrogens is 265 g/mol. The number of anilines is 1. The van der Waals surface area contributed by atoms with E-state index >= 15 is 0 Å². The van der Waals surface area contributed by atoms with E-state index in [4.69, 9.17) is 14.9 Å². The summed E-state index contributed by atoms with van der Waals surface area (Å²) in [5.74, 6) is -1.64. The fourth-order valence-electron chi connectivity index (χ4n) is 2.47. The largest absolute Gasteiger partial charge is 0.478 e. The van der Waals surface area contributed by atoms with Crippen molar-refractivity contribution < 1.29 is 24.1 Å². The molecule has 20 heavy (non-hydrogen) atoms. The van der Waals surface area contributed by atoms with Gasteiger partial charge in [-0.15, -0.1) is 0 Å². The Kier molecular flexibility index (Phi) is 4.92. The van der Waals surface area contributed by atoms with Crippen LogP contribution in [0.1, 0.15) is 23.2 Å². The van der Waals surface area contributed by atoms with Gasteiger partial charge in [-0.3, -0.25) is 0 Å². The third-order valence-corrected chi connectivity index (χ3v) is 3.42. The molecule has 0 saturated carbocycles. The van der Waals surface area contributed by atoms with Crippen LogP contribution in [-0.4, -0.2) is 48.6 Å². The number of carboxylic acid groups (broad SMARTS) is 1. The van der Waals surface area contributed by atoms with Gasteiger partial charge in [0.15, 0.2) is 0 Å². The molecule has 0 radical (unpaired) electrons. The van der Waals surface area contributed by atoms with Crippen LogP contribution < -0.4 is 4.90 Å². The first-order valence-electron chi connectivity index (χ1n) is 6.62. The van der Waals surface area contributed by atoms with Gasteiger partial charge in [-0.2, -0.15) is 0 Å². The van der Waals surface area contributed by atoms with Crippen molar-refractivity contribution in [2.75, 3.05) is 31.2 Å². The molecule has 0 spiro atoms. The van der Waals surface area contributed by atoms with Crippen LogP contribution in [0.4, 0.5) is 10.1 Å². The highest BCUT2D eigenvalue weighted by Crippen LogP contribution is 2.28. The Morgan fingerprint density at radius 2 is 2.10 bits per heavy atom. The molecule has 0 atom stereocenters. The summed E-state index contributed by atoms with van der Waals surface area (Å²) in [7, 11) is 0. The maximum Gasteiger partial charge on any atom is 0.337 e. The fraction of sp³-hybridized carbons (Fsp3) is 0.500. The minimum absolute atomic E-state index is 0.0141. The summed E-state index contributed by atoms with van der Waals surface area (Å²) >= 11 is 0. The Bertz CT molecular complexity index is 472. The van der Waals surface area contributed by atoms with Crippen molar-refractivity contribution in [3.8, 4) is 0 Å². The lowest BCUT2D eigenvalue weighted by Gasteiger charge is -2.34. The summed E-state index contributed by atoms with van der Waals surface area (Å²) in [6.45, 7) is 1.36. The predicted molar refractivity (Wildman–Crippen MR) is 71.6 cm³/mol. The van der Waals surface area contributed by atoms with E-state index in [-0.39, 0.29) is 24.0 Å². The minimum atomic E-state index is -1.13. The van der Waals surface area contributed by atoms with Crippen molar-refractivity contribution in [1.29, 1.82) is 0 Å². The van der Waals surface area contributed by atoms with Crippen LogP contribution >= 0.6 is 0 Å². The molecule has 0 bridgehead atoms. The highest BCUT2D eigenvalue weighted by Gasteiger charge is 2.25. The second-order valence-electron chi connectivity index (χ2n) is 4.72. The van der Waals surface area contributed by atoms with Crippen LogP contribution in [0.15, 0.2) is 18.2 Å². The molecule has 1 fully saturated rings. The van der Waals surface area contributed by atoms with Crippen molar-refractivity contribution in [3.63, 3.8) is 0 Å². The summed E-state index contributed by atoms with van der Waals surface area (Å²) in [5, 5.41) is 17.9. The number of carbonyl (C=O) groups is 1. The van der Waals surface area contributed by atoms with E-state index in [0.29, 0.717) is 32.5 Å². The predicted octanol–water partition coefficient (Wildman–Crippen LogP) is 1.50. The van der Waals surface area contributed by atoms with Crippen molar-refractivity contribution in [2.45, 2.75) is 18.9 Å². The second kappa shape index (κ2) is 6.67. The number of piperidine rings is 1. The normalized spacial score (nSPS) is 16.4. The molecule has 2 rings (SSSR count). The fourth-order valence-corrected chi connectivity index (χ4v) is 2.47. The number of hydrogen-bond acceptors (Lipinski definition) is 4. The van der Waals surface area contributed by atoms with Crippen LogP contribution in [0.2, 0.25) is 0 Å². The maximum absolute atomic E-state index is 13.9. The van der Waals surface area contributed by atoms with Gasteiger partial charge in [-0.25, -0.2) is 9.18 Å². The number of para-hydroxylation sites is 1. The molecule has 1 heterocycles. The van der Waals surface area contributed by atoms with Gasteiger partial charge < -0.3 is 19.8 Å². The molecule has 0 amide bonds. The highest BCUT2D eigenvalue weighted by atomic mass is 19.1. The van der Waals surface area contributed by atoms with E-state index < -0.39 is 11.8 Å². The molecule has 5 nitrogen and oxygen atoms in total. The van der Waals surface area contributed by atoms with Crippen LogP contribution in [0, 0.1) is 5.82 Å². The van der Waals surface area contributed by atoms with Gasteiger partial charge in [0.1, 0.15) is 5.82 Å².